The van der Waals surface area contributed by atoms with Crippen molar-refractivity contribution >= 4 is 5.91 Å². The number of carbonyl (C=O) groups is 1. The number of amides is 1. The maximum absolute atomic E-state index is 11.4. The fourth-order valence-electron chi connectivity index (χ4n) is 3.45. The molecule has 0 aromatic rings. The Morgan fingerprint density at radius 1 is 1.07 bits per heavy atom. The third kappa shape index (κ3) is 1.19. The van der Waals surface area contributed by atoms with Gasteiger partial charge in [-0.1, -0.05) is 13.8 Å². The van der Waals surface area contributed by atoms with Crippen LogP contribution in [0.25, 0.3) is 0 Å². The van der Waals surface area contributed by atoms with E-state index in [0.717, 1.165) is 25.2 Å². The second-order valence-corrected chi connectivity index (χ2v) is 5.66. The van der Waals surface area contributed by atoms with Crippen LogP contribution in [0, 0.1) is 16.7 Å². The Hall–Kier alpha value is -0.530. The van der Waals surface area contributed by atoms with Crippen molar-refractivity contribution in [3.05, 3.63) is 0 Å². The van der Waals surface area contributed by atoms with Crippen LogP contribution >= 0.6 is 0 Å². The summed E-state index contributed by atoms with van der Waals surface area (Å²) in [4.78, 5) is 11.4. The number of hydrogen-bond donors (Lipinski definition) is 1. The van der Waals surface area contributed by atoms with Crippen molar-refractivity contribution in [3.63, 3.8) is 0 Å². The molecule has 0 radical (unpaired) electrons. The highest BCUT2D eigenvalue weighted by Crippen LogP contribution is 2.59. The average Bonchev–Trinajstić information content (AvgIpc) is 2.20. The van der Waals surface area contributed by atoms with Crippen LogP contribution < -0.4 is 5.73 Å². The van der Waals surface area contributed by atoms with Gasteiger partial charge < -0.3 is 5.73 Å². The number of rotatable bonds is 2. The van der Waals surface area contributed by atoms with Crippen LogP contribution in [0.3, 0.4) is 0 Å². The van der Waals surface area contributed by atoms with Crippen LogP contribution in [0.5, 0.6) is 0 Å². The molecular formula is C12H21NO. The van der Waals surface area contributed by atoms with Crippen molar-refractivity contribution in [3.8, 4) is 0 Å². The zero-order valence-corrected chi connectivity index (χ0v) is 9.31. The lowest BCUT2D eigenvalue weighted by Gasteiger charge is -2.54. The van der Waals surface area contributed by atoms with E-state index in [1.165, 1.54) is 19.3 Å². The average molecular weight is 195 g/mol. The summed E-state index contributed by atoms with van der Waals surface area (Å²) >= 11 is 0. The molecule has 0 aliphatic heterocycles. The summed E-state index contributed by atoms with van der Waals surface area (Å²) in [6.45, 7) is 4.64. The first-order valence-electron chi connectivity index (χ1n) is 5.81. The number of hydrogen-bond acceptors (Lipinski definition) is 1. The van der Waals surface area contributed by atoms with E-state index in [0.29, 0.717) is 5.41 Å². The lowest BCUT2D eigenvalue weighted by molar-refractivity contribution is -0.138. The quantitative estimate of drug-likeness (QED) is 0.722. The first kappa shape index (κ1) is 10.0. The third-order valence-corrected chi connectivity index (χ3v) is 5.05. The second-order valence-electron chi connectivity index (χ2n) is 5.66. The highest BCUT2D eigenvalue weighted by Gasteiger charge is 2.52. The molecule has 3 aliphatic carbocycles. The number of carbonyl (C=O) groups excluding carboxylic acids is 1. The highest BCUT2D eigenvalue weighted by molar-refractivity contribution is 5.81. The molecule has 0 spiro atoms. The van der Waals surface area contributed by atoms with Crippen molar-refractivity contribution < 1.29 is 4.79 Å². The third-order valence-electron chi connectivity index (χ3n) is 5.05. The van der Waals surface area contributed by atoms with Crippen LogP contribution in [0.2, 0.25) is 0 Å². The van der Waals surface area contributed by atoms with Gasteiger partial charge in [0.15, 0.2) is 0 Å². The smallest absolute Gasteiger partial charge is 0.223 e. The van der Waals surface area contributed by atoms with E-state index in [-0.39, 0.29) is 11.3 Å². The number of fused-ring (bicyclic) bond motifs is 3. The van der Waals surface area contributed by atoms with Gasteiger partial charge in [0.2, 0.25) is 5.91 Å². The summed E-state index contributed by atoms with van der Waals surface area (Å²) in [5.74, 6) is 0.711. The van der Waals surface area contributed by atoms with E-state index in [1.807, 2.05) is 0 Å². The summed E-state index contributed by atoms with van der Waals surface area (Å²) in [6.07, 6.45) is 6.77. The predicted molar refractivity (Wildman–Crippen MR) is 56.6 cm³/mol. The zero-order chi connectivity index (χ0) is 10.4. The summed E-state index contributed by atoms with van der Waals surface area (Å²) < 4.78 is 0. The van der Waals surface area contributed by atoms with Crippen molar-refractivity contribution in [2.24, 2.45) is 22.5 Å². The van der Waals surface area contributed by atoms with Gasteiger partial charge in [-0.15, -0.1) is 0 Å². The molecule has 3 saturated carbocycles. The second kappa shape index (κ2) is 2.98. The van der Waals surface area contributed by atoms with Gasteiger partial charge >= 0.3 is 0 Å². The molecule has 2 bridgehead atoms. The van der Waals surface area contributed by atoms with Gasteiger partial charge in [-0.2, -0.15) is 0 Å². The fourth-order valence-corrected chi connectivity index (χ4v) is 3.45. The molecule has 0 aromatic heterocycles. The SMILES string of the molecule is CC(C)C12CCC(C(N)=O)(CC1)CC2. The molecule has 3 aliphatic rings. The minimum absolute atomic E-state index is 0.0467. The highest BCUT2D eigenvalue weighted by atomic mass is 16.1. The van der Waals surface area contributed by atoms with Gasteiger partial charge in [0, 0.05) is 5.41 Å². The monoisotopic (exact) mass is 195 g/mol. The van der Waals surface area contributed by atoms with E-state index in [2.05, 4.69) is 13.8 Å². The standard InChI is InChI=1S/C12H21NO/c1-9(2)11-3-6-12(7-4-11,8-5-11)10(13)14/h9H,3-8H2,1-2H3,(H2,13,14). The zero-order valence-electron chi connectivity index (χ0n) is 9.31. The van der Waals surface area contributed by atoms with Crippen molar-refractivity contribution in [2.75, 3.05) is 0 Å². The Labute approximate surface area is 86.2 Å². The van der Waals surface area contributed by atoms with Gasteiger partial charge in [0.1, 0.15) is 0 Å². The van der Waals surface area contributed by atoms with Crippen molar-refractivity contribution in [2.45, 2.75) is 52.4 Å². The van der Waals surface area contributed by atoms with Gasteiger partial charge in [-0.3, -0.25) is 4.79 Å². The van der Waals surface area contributed by atoms with Crippen LogP contribution in [-0.2, 0) is 4.79 Å². The van der Waals surface area contributed by atoms with Crippen LogP contribution in [0.15, 0.2) is 0 Å². The Morgan fingerprint density at radius 2 is 1.50 bits per heavy atom. The summed E-state index contributed by atoms with van der Waals surface area (Å²) in [5, 5.41) is 0. The number of primary amides is 1. The predicted octanol–water partition coefficient (Wildman–Crippen LogP) is 2.47. The molecule has 2 N–H and O–H groups in total. The maximum atomic E-state index is 11.4. The summed E-state index contributed by atoms with van der Waals surface area (Å²) in [5.41, 5.74) is 5.94. The molecule has 0 saturated heterocycles. The summed E-state index contributed by atoms with van der Waals surface area (Å²) in [6, 6.07) is 0. The molecule has 3 fully saturated rings. The van der Waals surface area contributed by atoms with Gasteiger partial charge in [0.05, 0.1) is 0 Å². The van der Waals surface area contributed by atoms with E-state index in [1.54, 1.807) is 0 Å². The summed E-state index contributed by atoms with van der Waals surface area (Å²) in [7, 11) is 0. The Balaban J connectivity index is 2.17. The van der Waals surface area contributed by atoms with E-state index in [4.69, 9.17) is 5.73 Å². The topological polar surface area (TPSA) is 43.1 Å². The molecule has 2 nitrogen and oxygen atoms in total. The molecule has 0 aromatic carbocycles. The molecule has 14 heavy (non-hydrogen) atoms. The van der Waals surface area contributed by atoms with Crippen LogP contribution in [-0.4, -0.2) is 5.91 Å². The first-order chi connectivity index (χ1) is 6.51. The Kier molecular flexibility index (Phi) is 2.13. The van der Waals surface area contributed by atoms with E-state index >= 15 is 0 Å². The van der Waals surface area contributed by atoms with Crippen LogP contribution in [0.1, 0.15) is 52.4 Å². The van der Waals surface area contributed by atoms with Crippen molar-refractivity contribution in [1.29, 1.82) is 0 Å². The molecule has 80 valence electrons. The van der Waals surface area contributed by atoms with Gasteiger partial charge in [-0.05, 0) is 49.9 Å². The molecule has 2 heteroatoms. The number of nitrogens with two attached hydrogens (primary N) is 1. The molecule has 3 rings (SSSR count). The molecule has 0 atom stereocenters. The Morgan fingerprint density at radius 3 is 1.79 bits per heavy atom. The lowest BCUT2D eigenvalue weighted by atomic mass is 9.50. The normalized spacial score (nSPS) is 41.6. The lowest BCUT2D eigenvalue weighted by Crippen LogP contribution is -2.50. The van der Waals surface area contributed by atoms with E-state index in [9.17, 15) is 4.79 Å². The minimum atomic E-state index is -0.114. The van der Waals surface area contributed by atoms with Crippen molar-refractivity contribution in [1.82, 2.24) is 0 Å². The van der Waals surface area contributed by atoms with Crippen LogP contribution in [0.4, 0.5) is 0 Å². The molecule has 1 amide bonds. The fraction of sp³-hybridized carbons (Fsp3) is 0.917. The Bertz CT molecular complexity index is 233. The van der Waals surface area contributed by atoms with Gasteiger partial charge in [-0.25, -0.2) is 0 Å². The molecule has 0 heterocycles. The van der Waals surface area contributed by atoms with Gasteiger partial charge in [0.25, 0.3) is 0 Å². The minimum Gasteiger partial charge on any atom is -0.369 e. The van der Waals surface area contributed by atoms with E-state index < -0.39 is 0 Å². The largest absolute Gasteiger partial charge is 0.369 e. The molecular weight excluding hydrogens is 174 g/mol. The molecule has 0 unspecified atom stereocenters. The first-order valence-corrected chi connectivity index (χ1v) is 5.81. The maximum Gasteiger partial charge on any atom is 0.223 e.